The molecule has 1 aliphatic rings. The van der Waals surface area contributed by atoms with Crippen molar-refractivity contribution in [2.45, 2.75) is 33.7 Å². The first-order valence-electron chi connectivity index (χ1n) is 6.85. The lowest BCUT2D eigenvalue weighted by molar-refractivity contribution is -0.142. The second kappa shape index (κ2) is 5.31. The van der Waals surface area contributed by atoms with Crippen LogP contribution in [0.5, 0.6) is 0 Å². The average Bonchev–Trinajstić information content (AvgIpc) is 2.94. The highest BCUT2D eigenvalue weighted by Gasteiger charge is 2.49. The molecule has 2 amide bonds. The van der Waals surface area contributed by atoms with Crippen molar-refractivity contribution in [2.75, 3.05) is 6.54 Å². The number of hydrogen-bond donors (Lipinski definition) is 1. The number of carbonyl (C=O) groups is 3. The van der Waals surface area contributed by atoms with Gasteiger partial charge in [-0.3, -0.25) is 14.5 Å². The van der Waals surface area contributed by atoms with Gasteiger partial charge in [-0.15, -0.1) is 0 Å². The van der Waals surface area contributed by atoms with Gasteiger partial charge in [-0.2, -0.15) is 0 Å². The van der Waals surface area contributed by atoms with Crippen LogP contribution < -0.4 is 0 Å². The zero-order valence-electron chi connectivity index (χ0n) is 12.4. The maximum atomic E-state index is 12.4. The van der Waals surface area contributed by atoms with Crippen LogP contribution in [0.1, 0.15) is 37.7 Å². The third kappa shape index (κ3) is 2.68. The number of hydrogen-bond acceptors (Lipinski definition) is 4. The average molecular weight is 293 g/mol. The molecule has 0 saturated carbocycles. The number of imidazole rings is 1. The SMILES string of the molecule is CC(C)C1(C)CC(=O)N(CCn2cnc(C(=O)O)c2)C1=O. The lowest BCUT2D eigenvalue weighted by Gasteiger charge is -2.26. The van der Waals surface area contributed by atoms with E-state index in [1.165, 1.54) is 17.4 Å². The van der Waals surface area contributed by atoms with E-state index in [-0.39, 0.29) is 36.4 Å². The van der Waals surface area contributed by atoms with Crippen molar-refractivity contribution < 1.29 is 19.5 Å². The minimum absolute atomic E-state index is 0.0545. The maximum absolute atomic E-state index is 12.4. The lowest BCUT2D eigenvalue weighted by atomic mass is 9.78. The Bertz CT molecular complexity index is 593. The van der Waals surface area contributed by atoms with E-state index >= 15 is 0 Å². The highest BCUT2D eigenvalue weighted by Crippen LogP contribution is 2.39. The fourth-order valence-electron chi connectivity index (χ4n) is 2.39. The van der Waals surface area contributed by atoms with Crippen LogP contribution >= 0.6 is 0 Å². The highest BCUT2D eigenvalue weighted by molar-refractivity contribution is 6.05. The quantitative estimate of drug-likeness (QED) is 0.818. The maximum Gasteiger partial charge on any atom is 0.356 e. The first-order valence-corrected chi connectivity index (χ1v) is 6.85. The number of carboxylic acids is 1. The molecule has 0 radical (unpaired) electrons. The van der Waals surface area contributed by atoms with Crippen molar-refractivity contribution in [1.29, 1.82) is 0 Å². The number of nitrogens with zero attached hydrogens (tertiary/aromatic N) is 3. The number of likely N-dealkylation sites (tertiary alicyclic amines) is 1. The summed E-state index contributed by atoms with van der Waals surface area (Å²) in [4.78, 5) is 40.2. The molecule has 1 N–H and O–H groups in total. The summed E-state index contributed by atoms with van der Waals surface area (Å²) in [5.41, 5.74) is -0.695. The van der Waals surface area contributed by atoms with Crippen LogP contribution in [-0.4, -0.2) is 43.9 Å². The topological polar surface area (TPSA) is 92.5 Å². The van der Waals surface area contributed by atoms with Crippen molar-refractivity contribution in [3.05, 3.63) is 18.2 Å². The molecule has 1 aliphatic heterocycles. The van der Waals surface area contributed by atoms with Crippen LogP contribution in [0.2, 0.25) is 0 Å². The van der Waals surface area contributed by atoms with Gasteiger partial charge in [0, 0.05) is 25.7 Å². The summed E-state index contributed by atoms with van der Waals surface area (Å²) in [6.07, 6.45) is 3.00. The Hall–Kier alpha value is -2.18. The van der Waals surface area contributed by atoms with Crippen LogP contribution in [0, 0.1) is 11.3 Å². The van der Waals surface area contributed by atoms with Crippen LogP contribution in [0.25, 0.3) is 0 Å². The molecule has 0 aromatic carbocycles. The molecule has 2 heterocycles. The van der Waals surface area contributed by atoms with Gasteiger partial charge in [-0.05, 0) is 12.8 Å². The summed E-state index contributed by atoms with van der Waals surface area (Å²) in [7, 11) is 0. The van der Waals surface area contributed by atoms with Crippen molar-refractivity contribution in [1.82, 2.24) is 14.5 Å². The number of aromatic nitrogens is 2. The van der Waals surface area contributed by atoms with E-state index in [0.29, 0.717) is 6.54 Å². The van der Waals surface area contributed by atoms with Gasteiger partial charge in [0.25, 0.3) is 0 Å². The molecule has 7 nitrogen and oxygen atoms in total. The Morgan fingerprint density at radius 3 is 2.57 bits per heavy atom. The van der Waals surface area contributed by atoms with Gasteiger partial charge in [-0.1, -0.05) is 13.8 Å². The normalized spacial score (nSPS) is 22.4. The van der Waals surface area contributed by atoms with Gasteiger partial charge in [0.15, 0.2) is 5.69 Å². The molecule has 0 spiro atoms. The summed E-state index contributed by atoms with van der Waals surface area (Å²) < 4.78 is 1.56. The second-order valence-electron chi connectivity index (χ2n) is 5.90. The summed E-state index contributed by atoms with van der Waals surface area (Å²) in [6.45, 7) is 6.26. The van der Waals surface area contributed by atoms with Crippen LogP contribution in [0.3, 0.4) is 0 Å². The van der Waals surface area contributed by atoms with Crippen LogP contribution in [0.15, 0.2) is 12.5 Å². The molecule has 7 heteroatoms. The molecule has 0 bridgehead atoms. The third-order valence-electron chi connectivity index (χ3n) is 4.26. The molecule has 1 aromatic heterocycles. The van der Waals surface area contributed by atoms with Crippen molar-refractivity contribution in [2.24, 2.45) is 11.3 Å². The summed E-state index contributed by atoms with van der Waals surface area (Å²) >= 11 is 0. The molecule has 1 saturated heterocycles. The van der Waals surface area contributed by atoms with E-state index in [0.717, 1.165) is 0 Å². The van der Waals surface area contributed by atoms with Crippen molar-refractivity contribution in [3.63, 3.8) is 0 Å². The zero-order valence-corrected chi connectivity index (χ0v) is 12.4. The number of rotatable bonds is 5. The molecule has 21 heavy (non-hydrogen) atoms. The van der Waals surface area contributed by atoms with Gasteiger partial charge < -0.3 is 9.67 Å². The number of amides is 2. The fourth-order valence-corrected chi connectivity index (χ4v) is 2.39. The molecule has 114 valence electrons. The predicted octanol–water partition coefficient (Wildman–Crippen LogP) is 1.00. The number of carbonyl (C=O) groups excluding carboxylic acids is 2. The number of carboxylic acid groups (broad SMARTS) is 1. The second-order valence-corrected chi connectivity index (χ2v) is 5.90. The molecule has 1 unspecified atom stereocenters. The van der Waals surface area contributed by atoms with E-state index in [4.69, 9.17) is 5.11 Å². The molecular weight excluding hydrogens is 274 g/mol. The summed E-state index contributed by atoms with van der Waals surface area (Å²) in [6, 6.07) is 0. The lowest BCUT2D eigenvalue weighted by Crippen LogP contribution is -2.38. The Balaban J connectivity index is 2.04. The van der Waals surface area contributed by atoms with Gasteiger partial charge >= 0.3 is 5.97 Å². The van der Waals surface area contributed by atoms with Gasteiger partial charge in [0.2, 0.25) is 11.8 Å². The van der Waals surface area contributed by atoms with Crippen LogP contribution in [0.4, 0.5) is 0 Å². The first-order chi connectivity index (χ1) is 9.75. The number of imide groups is 1. The highest BCUT2D eigenvalue weighted by atomic mass is 16.4. The predicted molar refractivity (Wildman–Crippen MR) is 73.5 cm³/mol. The molecule has 2 rings (SSSR count). The first kappa shape index (κ1) is 15.2. The Morgan fingerprint density at radius 2 is 2.10 bits per heavy atom. The van der Waals surface area contributed by atoms with E-state index in [2.05, 4.69) is 4.98 Å². The minimum atomic E-state index is -1.10. The number of aromatic carboxylic acids is 1. The van der Waals surface area contributed by atoms with Gasteiger partial charge in [0.05, 0.1) is 11.7 Å². The molecule has 1 fully saturated rings. The molecule has 1 atom stereocenters. The standard InChI is InChI=1S/C14H19N3O4/c1-9(2)14(3)6-11(18)17(13(14)21)5-4-16-7-10(12(19)20)15-8-16/h7-9H,4-6H2,1-3H3,(H,19,20). The summed E-state index contributed by atoms with van der Waals surface area (Å²) in [5.74, 6) is -1.34. The fraction of sp³-hybridized carbons (Fsp3) is 0.571. The van der Waals surface area contributed by atoms with E-state index in [9.17, 15) is 14.4 Å². The molecular formula is C14H19N3O4. The third-order valence-corrected chi connectivity index (χ3v) is 4.26. The summed E-state index contributed by atoms with van der Waals surface area (Å²) in [5, 5.41) is 8.80. The smallest absolute Gasteiger partial charge is 0.356 e. The van der Waals surface area contributed by atoms with Crippen molar-refractivity contribution in [3.8, 4) is 0 Å². The Morgan fingerprint density at radius 1 is 1.43 bits per heavy atom. The van der Waals surface area contributed by atoms with E-state index < -0.39 is 11.4 Å². The van der Waals surface area contributed by atoms with E-state index in [1.807, 2.05) is 20.8 Å². The van der Waals surface area contributed by atoms with Crippen molar-refractivity contribution >= 4 is 17.8 Å². The minimum Gasteiger partial charge on any atom is -0.476 e. The van der Waals surface area contributed by atoms with E-state index in [1.54, 1.807) is 4.57 Å². The Kier molecular flexibility index (Phi) is 3.85. The monoisotopic (exact) mass is 293 g/mol. The van der Waals surface area contributed by atoms with Gasteiger partial charge in [-0.25, -0.2) is 9.78 Å². The largest absolute Gasteiger partial charge is 0.476 e. The molecule has 0 aliphatic carbocycles. The Labute approximate surface area is 122 Å². The zero-order chi connectivity index (χ0) is 15.8. The van der Waals surface area contributed by atoms with Crippen LogP contribution in [-0.2, 0) is 16.1 Å². The van der Waals surface area contributed by atoms with Gasteiger partial charge in [0.1, 0.15) is 0 Å². The molecule has 1 aromatic rings.